The standard InChI is InChI=1S/C28H31N5O/c1-2-33-26-14-13-24(29-28(34)23-11-7-4-8-12-23)19-25(26)30-27(33)21-32-17-15-31(16-18-32)20-22-9-5-3-6-10-22/h3-14,19H,2,15-18,20-21H2,1H3,(H,29,34). The summed E-state index contributed by atoms with van der Waals surface area (Å²) in [6, 6.07) is 26.0. The van der Waals surface area contributed by atoms with Gasteiger partial charge in [0, 0.05) is 50.5 Å². The van der Waals surface area contributed by atoms with Gasteiger partial charge in [-0.1, -0.05) is 48.5 Å². The van der Waals surface area contributed by atoms with Crippen LogP contribution in [0.3, 0.4) is 0 Å². The molecule has 1 aliphatic rings. The van der Waals surface area contributed by atoms with Gasteiger partial charge in [-0.25, -0.2) is 4.98 Å². The van der Waals surface area contributed by atoms with Crippen molar-refractivity contribution in [3.8, 4) is 0 Å². The molecule has 4 aromatic rings. The fraction of sp³-hybridized carbons (Fsp3) is 0.286. The number of carbonyl (C=O) groups excluding carboxylic acids is 1. The van der Waals surface area contributed by atoms with Crippen LogP contribution in [0.25, 0.3) is 11.0 Å². The largest absolute Gasteiger partial charge is 0.327 e. The van der Waals surface area contributed by atoms with E-state index in [0.29, 0.717) is 5.56 Å². The molecule has 1 N–H and O–H groups in total. The van der Waals surface area contributed by atoms with Crippen molar-refractivity contribution in [1.29, 1.82) is 0 Å². The molecule has 0 unspecified atom stereocenters. The number of nitrogens with zero attached hydrogens (tertiary/aromatic N) is 4. The van der Waals surface area contributed by atoms with E-state index in [0.717, 1.165) is 68.4 Å². The van der Waals surface area contributed by atoms with Gasteiger partial charge in [0.2, 0.25) is 0 Å². The lowest BCUT2D eigenvalue weighted by molar-refractivity contribution is 0.102. The van der Waals surface area contributed by atoms with Gasteiger partial charge in [-0.3, -0.25) is 14.6 Å². The number of anilines is 1. The summed E-state index contributed by atoms with van der Waals surface area (Å²) in [5.41, 5.74) is 4.82. The van der Waals surface area contributed by atoms with Crippen LogP contribution < -0.4 is 5.32 Å². The molecule has 0 aliphatic carbocycles. The number of amides is 1. The molecule has 6 nitrogen and oxygen atoms in total. The topological polar surface area (TPSA) is 53.4 Å². The summed E-state index contributed by atoms with van der Waals surface area (Å²) in [5, 5.41) is 3.00. The van der Waals surface area contributed by atoms with Crippen LogP contribution in [0.15, 0.2) is 78.9 Å². The number of nitrogens with one attached hydrogen (secondary N) is 1. The molecule has 34 heavy (non-hydrogen) atoms. The van der Waals surface area contributed by atoms with Crippen LogP contribution in [0.1, 0.15) is 28.7 Å². The van der Waals surface area contributed by atoms with E-state index in [1.54, 1.807) is 0 Å². The lowest BCUT2D eigenvalue weighted by Gasteiger charge is -2.34. The Hall–Kier alpha value is -3.48. The monoisotopic (exact) mass is 453 g/mol. The Morgan fingerprint density at radius 1 is 0.853 bits per heavy atom. The molecule has 6 heteroatoms. The first-order valence-corrected chi connectivity index (χ1v) is 12.0. The molecule has 0 atom stereocenters. The molecule has 1 fully saturated rings. The second kappa shape index (κ2) is 10.2. The van der Waals surface area contributed by atoms with Crippen molar-refractivity contribution in [2.45, 2.75) is 26.6 Å². The third kappa shape index (κ3) is 5.03. The highest BCUT2D eigenvalue weighted by Gasteiger charge is 2.20. The smallest absolute Gasteiger partial charge is 0.255 e. The van der Waals surface area contributed by atoms with E-state index in [4.69, 9.17) is 4.98 Å². The van der Waals surface area contributed by atoms with E-state index in [-0.39, 0.29) is 5.91 Å². The van der Waals surface area contributed by atoms with Gasteiger partial charge in [-0.2, -0.15) is 0 Å². The van der Waals surface area contributed by atoms with Gasteiger partial charge in [0.1, 0.15) is 5.82 Å². The van der Waals surface area contributed by atoms with Crippen LogP contribution in [-0.2, 0) is 19.6 Å². The van der Waals surface area contributed by atoms with E-state index in [1.807, 2.05) is 42.5 Å². The third-order valence-corrected chi connectivity index (χ3v) is 6.52. The van der Waals surface area contributed by atoms with Gasteiger partial charge in [0.25, 0.3) is 5.91 Å². The van der Waals surface area contributed by atoms with Gasteiger partial charge < -0.3 is 9.88 Å². The van der Waals surface area contributed by atoms with Crippen molar-refractivity contribution in [2.24, 2.45) is 0 Å². The Labute approximate surface area is 200 Å². The lowest BCUT2D eigenvalue weighted by Crippen LogP contribution is -2.45. The zero-order valence-electron chi connectivity index (χ0n) is 19.7. The predicted molar refractivity (Wildman–Crippen MR) is 137 cm³/mol. The molecule has 1 aromatic heterocycles. The molecule has 1 aliphatic heterocycles. The Bertz CT molecular complexity index is 1240. The molecule has 174 valence electrons. The maximum absolute atomic E-state index is 12.5. The fourth-order valence-corrected chi connectivity index (χ4v) is 4.67. The summed E-state index contributed by atoms with van der Waals surface area (Å²) in [5.74, 6) is 0.976. The Morgan fingerprint density at radius 2 is 1.50 bits per heavy atom. The minimum Gasteiger partial charge on any atom is -0.327 e. The highest BCUT2D eigenvalue weighted by molar-refractivity contribution is 6.04. The predicted octanol–water partition coefficient (Wildman–Crippen LogP) is 4.63. The molecule has 2 heterocycles. The van der Waals surface area contributed by atoms with Crippen LogP contribution in [0, 0.1) is 0 Å². The average molecular weight is 454 g/mol. The number of aryl methyl sites for hydroxylation is 1. The van der Waals surface area contributed by atoms with Crippen molar-refractivity contribution >= 4 is 22.6 Å². The third-order valence-electron chi connectivity index (χ3n) is 6.52. The minimum absolute atomic E-state index is 0.108. The number of imidazole rings is 1. The minimum atomic E-state index is -0.108. The number of hydrogen-bond acceptors (Lipinski definition) is 4. The van der Waals surface area contributed by atoms with Crippen molar-refractivity contribution in [3.05, 3.63) is 95.8 Å². The summed E-state index contributed by atoms with van der Waals surface area (Å²) < 4.78 is 2.29. The number of rotatable bonds is 7. The van der Waals surface area contributed by atoms with Crippen LogP contribution in [0.4, 0.5) is 5.69 Å². The number of fused-ring (bicyclic) bond motifs is 1. The van der Waals surface area contributed by atoms with E-state index in [1.165, 1.54) is 5.56 Å². The molecular formula is C28H31N5O. The molecule has 0 bridgehead atoms. The van der Waals surface area contributed by atoms with E-state index in [9.17, 15) is 4.79 Å². The van der Waals surface area contributed by atoms with Gasteiger partial charge >= 0.3 is 0 Å². The number of hydrogen-bond donors (Lipinski definition) is 1. The summed E-state index contributed by atoms with van der Waals surface area (Å²) in [4.78, 5) is 22.5. The number of aromatic nitrogens is 2. The highest BCUT2D eigenvalue weighted by Crippen LogP contribution is 2.22. The molecule has 5 rings (SSSR count). The van der Waals surface area contributed by atoms with E-state index in [2.05, 4.69) is 63.0 Å². The molecular weight excluding hydrogens is 422 g/mol. The van der Waals surface area contributed by atoms with Gasteiger partial charge in [-0.05, 0) is 42.8 Å². The van der Waals surface area contributed by atoms with Gasteiger partial charge in [-0.15, -0.1) is 0 Å². The van der Waals surface area contributed by atoms with Crippen molar-refractivity contribution in [3.63, 3.8) is 0 Å². The molecule has 3 aromatic carbocycles. The van der Waals surface area contributed by atoms with Crippen molar-refractivity contribution in [1.82, 2.24) is 19.4 Å². The van der Waals surface area contributed by atoms with Crippen LogP contribution in [0.2, 0.25) is 0 Å². The Morgan fingerprint density at radius 3 is 2.18 bits per heavy atom. The maximum atomic E-state index is 12.5. The molecule has 0 radical (unpaired) electrons. The van der Waals surface area contributed by atoms with Crippen LogP contribution >= 0.6 is 0 Å². The van der Waals surface area contributed by atoms with Crippen molar-refractivity contribution in [2.75, 3.05) is 31.5 Å². The first-order chi connectivity index (χ1) is 16.7. The van der Waals surface area contributed by atoms with Gasteiger partial charge in [0.05, 0.1) is 17.6 Å². The Balaban J connectivity index is 1.25. The quantitative estimate of drug-likeness (QED) is 0.443. The molecule has 1 saturated heterocycles. The highest BCUT2D eigenvalue weighted by atomic mass is 16.1. The summed E-state index contributed by atoms with van der Waals surface area (Å²) >= 11 is 0. The fourth-order valence-electron chi connectivity index (χ4n) is 4.67. The normalized spacial score (nSPS) is 15.0. The number of carbonyl (C=O) groups is 1. The van der Waals surface area contributed by atoms with Crippen molar-refractivity contribution < 1.29 is 4.79 Å². The van der Waals surface area contributed by atoms with Crippen LogP contribution in [0.5, 0.6) is 0 Å². The first-order valence-electron chi connectivity index (χ1n) is 12.0. The molecule has 0 saturated carbocycles. The molecule has 1 amide bonds. The maximum Gasteiger partial charge on any atom is 0.255 e. The zero-order valence-corrected chi connectivity index (χ0v) is 19.7. The lowest BCUT2D eigenvalue weighted by atomic mass is 10.2. The van der Waals surface area contributed by atoms with E-state index >= 15 is 0 Å². The second-order valence-electron chi connectivity index (χ2n) is 8.83. The first kappa shape index (κ1) is 22.3. The summed E-state index contributed by atoms with van der Waals surface area (Å²) in [7, 11) is 0. The van der Waals surface area contributed by atoms with Crippen LogP contribution in [-0.4, -0.2) is 51.4 Å². The van der Waals surface area contributed by atoms with Gasteiger partial charge in [0.15, 0.2) is 0 Å². The average Bonchev–Trinajstić information content (AvgIpc) is 3.22. The Kier molecular flexibility index (Phi) is 6.70. The SMILES string of the molecule is CCn1c(CN2CCN(Cc3ccccc3)CC2)nc2cc(NC(=O)c3ccccc3)ccc21. The summed E-state index contributed by atoms with van der Waals surface area (Å²) in [6.45, 7) is 9.10. The van der Waals surface area contributed by atoms with E-state index < -0.39 is 0 Å². The number of benzene rings is 3. The zero-order chi connectivity index (χ0) is 23.3. The summed E-state index contributed by atoms with van der Waals surface area (Å²) in [6.07, 6.45) is 0. The molecule has 0 spiro atoms. The number of piperazine rings is 1. The second-order valence-corrected chi connectivity index (χ2v) is 8.83.